The van der Waals surface area contributed by atoms with Crippen LogP contribution in [0, 0.1) is 6.92 Å². The fraction of sp³-hybridized carbons (Fsp3) is 0.458. The van der Waals surface area contributed by atoms with E-state index in [2.05, 4.69) is 14.8 Å². The van der Waals surface area contributed by atoms with Crippen LogP contribution in [0.4, 0.5) is 11.8 Å². The molecule has 32 heavy (non-hydrogen) atoms. The van der Waals surface area contributed by atoms with Gasteiger partial charge in [0.05, 0.1) is 0 Å². The number of fused-ring (bicyclic) bond motifs is 1. The summed E-state index contributed by atoms with van der Waals surface area (Å²) in [6.07, 6.45) is 7.15. The molecule has 0 atom stereocenters. The molecule has 2 aromatic rings. The van der Waals surface area contributed by atoms with Gasteiger partial charge in [0.15, 0.2) is 11.5 Å². The van der Waals surface area contributed by atoms with Gasteiger partial charge in [-0.1, -0.05) is 6.07 Å². The molecule has 0 N–H and O–H groups in total. The number of hydrogen-bond acceptors (Lipinski definition) is 7. The number of nitrogens with zero attached hydrogens (tertiary/aromatic N) is 5. The molecule has 0 unspecified atom stereocenters. The first-order valence-electron chi connectivity index (χ1n) is 11.4. The van der Waals surface area contributed by atoms with Crippen molar-refractivity contribution in [3.05, 3.63) is 41.6 Å². The van der Waals surface area contributed by atoms with Crippen LogP contribution >= 0.6 is 0 Å². The standard InChI is InChI=1S/C24H29N5O3/c1-18-15-22(26-24(25-18)29-9-3-2-4-10-29)27-11-13-28(14-12-27)23(30)8-6-19-5-7-20-21(16-19)32-17-31-20/h5-8,15-16H,2-4,9-14,17H2,1H3/b8-6+. The van der Waals surface area contributed by atoms with Gasteiger partial charge >= 0.3 is 0 Å². The van der Waals surface area contributed by atoms with Crippen molar-refractivity contribution in [2.45, 2.75) is 26.2 Å². The minimum Gasteiger partial charge on any atom is -0.454 e. The van der Waals surface area contributed by atoms with E-state index in [4.69, 9.17) is 14.5 Å². The number of rotatable bonds is 4. The van der Waals surface area contributed by atoms with E-state index in [1.165, 1.54) is 19.3 Å². The zero-order valence-corrected chi connectivity index (χ0v) is 18.5. The monoisotopic (exact) mass is 435 g/mol. The Hall–Kier alpha value is -3.29. The third-order valence-electron chi connectivity index (χ3n) is 6.20. The fourth-order valence-corrected chi connectivity index (χ4v) is 4.38. The van der Waals surface area contributed by atoms with Gasteiger partial charge in [-0.05, 0) is 50.0 Å². The highest BCUT2D eigenvalue weighted by molar-refractivity contribution is 5.92. The highest BCUT2D eigenvalue weighted by Crippen LogP contribution is 2.32. The van der Waals surface area contributed by atoms with Crippen molar-refractivity contribution in [3.8, 4) is 11.5 Å². The number of carbonyl (C=O) groups excluding carboxylic acids is 1. The van der Waals surface area contributed by atoms with E-state index in [9.17, 15) is 4.79 Å². The van der Waals surface area contributed by atoms with Crippen molar-refractivity contribution >= 4 is 23.7 Å². The number of piperazine rings is 1. The molecular formula is C24H29N5O3. The van der Waals surface area contributed by atoms with E-state index in [0.717, 1.165) is 60.7 Å². The first kappa shape index (κ1) is 20.6. The highest BCUT2D eigenvalue weighted by atomic mass is 16.7. The second-order valence-electron chi connectivity index (χ2n) is 8.47. The summed E-state index contributed by atoms with van der Waals surface area (Å²) in [6, 6.07) is 7.73. The Labute approximate surface area is 188 Å². The summed E-state index contributed by atoms with van der Waals surface area (Å²) in [4.78, 5) is 28.7. The highest BCUT2D eigenvalue weighted by Gasteiger charge is 2.22. The molecule has 5 rings (SSSR count). The summed E-state index contributed by atoms with van der Waals surface area (Å²) in [5.74, 6) is 3.28. The van der Waals surface area contributed by atoms with Crippen LogP contribution in [0.25, 0.3) is 6.08 Å². The lowest BCUT2D eigenvalue weighted by molar-refractivity contribution is -0.126. The molecule has 8 nitrogen and oxygen atoms in total. The van der Waals surface area contributed by atoms with Gasteiger partial charge in [-0.25, -0.2) is 4.98 Å². The molecular weight excluding hydrogens is 406 g/mol. The SMILES string of the molecule is Cc1cc(N2CCN(C(=O)/C=C/c3ccc4c(c3)OCO4)CC2)nc(N2CCCCC2)n1. The van der Waals surface area contributed by atoms with E-state index in [1.54, 1.807) is 6.08 Å². The van der Waals surface area contributed by atoms with Gasteiger partial charge in [0.25, 0.3) is 0 Å². The molecule has 1 amide bonds. The molecule has 2 fully saturated rings. The zero-order chi connectivity index (χ0) is 21.9. The van der Waals surface area contributed by atoms with Crippen molar-refractivity contribution in [1.82, 2.24) is 14.9 Å². The molecule has 0 spiro atoms. The number of anilines is 2. The number of aryl methyl sites for hydroxylation is 1. The quantitative estimate of drug-likeness (QED) is 0.684. The van der Waals surface area contributed by atoms with E-state index >= 15 is 0 Å². The summed E-state index contributed by atoms with van der Waals surface area (Å²) in [5.41, 5.74) is 1.91. The van der Waals surface area contributed by atoms with Crippen LogP contribution in [-0.2, 0) is 4.79 Å². The topological polar surface area (TPSA) is 71.0 Å². The Kier molecular flexibility index (Phi) is 5.83. The van der Waals surface area contributed by atoms with Crippen molar-refractivity contribution < 1.29 is 14.3 Å². The number of aromatic nitrogens is 2. The van der Waals surface area contributed by atoms with Crippen LogP contribution in [0.5, 0.6) is 11.5 Å². The third-order valence-corrected chi connectivity index (χ3v) is 6.20. The Balaban J connectivity index is 1.19. The predicted molar refractivity (Wildman–Crippen MR) is 123 cm³/mol. The molecule has 2 saturated heterocycles. The smallest absolute Gasteiger partial charge is 0.246 e. The second-order valence-corrected chi connectivity index (χ2v) is 8.47. The van der Waals surface area contributed by atoms with E-state index in [1.807, 2.05) is 42.2 Å². The average Bonchev–Trinajstić information content (AvgIpc) is 3.31. The number of benzene rings is 1. The molecule has 1 aromatic carbocycles. The lowest BCUT2D eigenvalue weighted by Gasteiger charge is -2.35. The molecule has 0 bridgehead atoms. The van der Waals surface area contributed by atoms with Crippen molar-refractivity contribution in [2.75, 3.05) is 55.9 Å². The average molecular weight is 436 g/mol. The van der Waals surface area contributed by atoms with Crippen LogP contribution in [0.3, 0.4) is 0 Å². The molecule has 0 radical (unpaired) electrons. The van der Waals surface area contributed by atoms with Gasteiger partial charge < -0.3 is 24.2 Å². The minimum atomic E-state index is 0.0233. The van der Waals surface area contributed by atoms with Gasteiger partial charge in [0, 0.05) is 57.1 Å². The lowest BCUT2D eigenvalue weighted by Crippen LogP contribution is -2.48. The van der Waals surface area contributed by atoms with Gasteiger partial charge in [-0.15, -0.1) is 0 Å². The zero-order valence-electron chi connectivity index (χ0n) is 18.5. The van der Waals surface area contributed by atoms with E-state index in [0.29, 0.717) is 13.1 Å². The Morgan fingerprint density at radius 3 is 2.50 bits per heavy atom. The Morgan fingerprint density at radius 2 is 1.69 bits per heavy atom. The Bertz CT molecular complexity index is 1010. The van der Waals surface area contributed by atoms with Gasteiger partial charge in [0.1, 0.15) is 5.82 Å². The summed E-state index contributed by atoms with van der Waals surface area (Å²) in [5, 5.41) is 0. The maximum atomic E-state index is 12.7. The first-order valence-corrected chi connectivity index (χ1v) is 11.4. The second kappa shape index (κ2) is 9.06. The van der Waals surface area contributed by atoms with Crippen LogP contribution in [0.1, 0.15) is 30.5 Å². The maximum Gasteiger partial charge on any atom is 0.246 e. The van der Waals surface area contributed by atoms with Crippen molar-refractivity contribution in [2.24, 2.45) is 0 Å². The molecule has 3 aliphatic heterocycles. The van der Waals surface area contributed by atoms with Gasteiger partial charge in [-0.3, -0.25) is 4.79 Å². The predicted octanol–water partition coefficient (Wildman–Crippen LogP) is 2.87. The van der Waals surface area contributed by atoms with Crippen LogP contribution in [0.15, 0.2) is 30.3 Å². The van der Waals surface area contributed by atoms with E-state index < -0.39 is 0 Å². The third kappa shape index (κ3) is 4.49. The largest absolute Gasteiger partial charge is 0.454 e. The van der Waals surface area contributed by atoms with E-state index in [-0.39, 0.29) is 12.7 Å². The summed E-state index contributed by atoms with van der Waals surface area (Å²) in [7, 11) is 0. The molecule has 0 aliphatic carbocycles. The summed E-state index contributed by atoms with van der Waals surface area (Å²) in [6.45, 7) is 7.20. The van der Waals surface area contributed by atoms with Crippen LogP contribution in [-0.4, -0.2) is 66.8 Å². The normalized spacial score (nSPS) is 18.5. The fourth-order valence-electron chi connectivity index (χ4n) is 4.38. The number of piperidine rings is 1. The summed E-state index contributed by atoms with van der Waals surface area (Å²) >= 11 is 0. The molecule has 4 heterocycles. The number of hydrogen-bond donors (Lipinski definition) is 0. The maximum absolute atomic E-state index is 12.7. The summed E-state index contributed by atoms with van der Waals surface area (Å²) < 4.78 is 10.7. The van der Waals surface area contributed by atoms with Crippen molar-refractivity contribution in [3.63, 3.8) is 0 Å². The molecule has 168 valence electrons. The minimum absolute atomic E-state index is 0.0233. The van der Waals surface area contributed by atoms with Gasteiger partial charge in [-0.2, -0.15) is 4.98 Å². The lowest BCUT2D eigenvalue weighted by atomic mass is 10.1. The van der Waals surface area contributed by atoms with Crippen molar-refractivity contribution in [1.29, 1.82) is 0 Å². The van der Waals surface area contributed by atoms with Gasteiger partial charge in [0.2, 0.25) is 18.6 Å². The first-order chi connectivity index (χ1) is 15.7. The molecule has 1 aromatic heterocycles. The number of carbonyl (C=O) groups is 1. The molecule has 8 heteroatoms. The number of ether oxygens (including phenoxy) is 2. The van der Waals surface area contributed by atoms with Crippen LogP contribution in [0.2, 0.25) is 0 Å². The molecule has 3 aliphatic rings. The molecule has 0 saturated carbocycles. The number of amides is 1. The van der Waals surface area contributed by atoms with Crippen LogP contribution < -0.4 is 19.3 Å². The Morgan fingerprint density at radius 1 is 0.906 bits per heavy atom.